The summed E-state index contributed by atoms with van der Waals surface area (Å²) < 4.78 is 5.78. The Morgan fingerprint density at radius 1 is 1.26 bits per heavy atom. The van der Waals surface area contributed by atoms with E-state index in [0.29, 0.717) is 6.04 Å². The number of benzene rings is 1. The van der Waals surface area contributed by atoms with Gasteiger partial charge in [-0.05, 0) is 13.3 Å². The van der Waals surface area contributed by atoms with Crippen LogP contribution in [0.5, 0.6) is 0 Å². The minimum absolute atomic E-state index is 0.485. The Morgan fingerprint density at radius 3 is 2.70 bits per heavy atom. The average molecular weight is 331 g/mol. The van der Waals surface area contributed by atoms with Crippen molar-refractivity contribution in [3.8, 4) is 11.3 Å². The third kappa shape index (κ3) is 3.90. The van der Waals surface area contributed by atoms with Crippen LogP contribution >= 0.6 is 11.8 Å². The molecule has 5 heteroatoms. The summed E-state index contributed by atoms with van der Waals surface area (Å²) in [5.41, 5.74) is 3.27. The summed E-state index contributed by atoms with van der Waals surface area (Å²) in [6, 6.07) is 10.8. The van der Waals surface area contributed by atoms with Crippen molar-refractivity contribution in [3.63, 3.8) is 0 Å². The molecule has 0 spiro atoms. The number of hydrogen-bond acceptors (Lipinski definition) is 5. The van der Waals surface area contributed by atoms with Gasteiger partial charge in [0.25, 0.3) is 0 Å². The fraction of sp³-hybridized carbons (Fsp3) is 0.500. The molecule has 4 nitrogen and oxygen atoms in total. The van der Waals surface area contributed by atoms with Gasteiger partial charge < -0.3 is 14.7 Å². The molecule has 1 fully saturated rings. The lowest BCUT2D eigenvalue weighted by atomic mass is 10.1. The van der Waals surface area contributed by atoms with Gasteiger partial charge in [0.2, 0.25) is 5.88 Å². The number of rotatable bonds is 6. The molecule has 3 rings (SSSR count). The van der Waals surface area contributed by atoms with Crippen molar-refractivity contribution in [2.75, 3.05) is 29.5 Å². The highest BCUT2D eigenvalue weighted by molar-refractivity contribution is 7.99. The van der Waals surface area contributed by atoms with Crippen molar-refractivity contribution < 1.29 is 4.52 Å². The van der Waals surface area contributed by atoms with E-state index in [1.807, 2.05) is 30.0 Å². The number of anilines is 1. The van der Waals surface area contributed by atoms with Gasteiger partial charge in [-0.15, -0.1) is 0 Å². The van der Waals surface area contributed by atoms with Gasteiger partial charge in [-0.3, -0.25) is 0 Å². The maximum atomic E-state index is 5.78. The molecule has 1 aromatic carbocycles. The normalized spacial score (nSPS) is 16.5. The van der Waals surface area contributed by atoms with E-state index in [9.17, 15) is 0 Å². The summed E-state index contributed by atoms with van der Waals surface area (Å²) in [5.74, 6) is 3.25. The van der Waals surface area contributed by atoms with Crippen LogP contribution in [0, 0.1) is 0 Å². The second kappa shape index (κ2) is 7.88. The molecule has 1 aliphatic rings. The highest BCUT2D eigenvalue weighted by Crippen LogP contribution is 2.32. The molecule has 1 aromatic heterocycles. The van der Waals surface area contributed by atoms with Gasteiger partial charge in [0.05, 0.1) is 5.56 Å². The third-order valence-electron chi connectivity index (χ3n) is 4.35. The van der Waals surface area contributed by atoms with Gasteiger partial charge in [0.1, 0.15) is 5.69 Å². The fourth-order valence-electron chi connectivity index (χ4n) is 2.72. The molecule has 0 saturated carbocycles. The molecule has 124 valence electrons. The zero-order valence-electron chi connectivity index (χ0n) is 13.9. The van der Waals surface area contributed by atoms with Gasteiger partial charge in [0, 0.05) is 42.7 Å². The zero-order valence-corrected chi connectivity index (χ0v) is 14.7. The second-order valence-electron chi connectivity index (χ2n) is 5.97. The Labute approximate surface area is 142 Å². The van der Waals surface area contributed by atoms with Crippen LogP contribution in [0.4, 0.5) is 5.88 Å². The molecule has 2 aromatic rings. The maximum absolute atomic E-state index is 5.78. The summed E-state index contributed by atoms with van der Waals surface area (Å²) in [4.78, 5) is 2.34. The minimum Gasteiger partial charge on any atom is -0.339 e. The first-order valence-electron chi connectivity index (χ1n) is 8.39. The summed E-state index contributed by atoms with van der Waals surface area (Å²) >= 11 is 2.00. The van der Waals surface area contributed by atoms with Crippen LogP contribution in [0.1, 0.15) is 25.8 Å². The van der Waals surface area contributed by atoms with Gasteiger partial charge in [-0.2, -0.15) is 11.8 Å². The van der Waals surface area contributed by atoms with Crippen LogP contribution in [0.3, 0.4) is 0 Å². The number of aromatic nitrogens is 1. The molecular weight excluding hydrogens is 306 g/mol. The molecule has 1 N–H and O–H groups in total. The van der Waals surface area contributed by atoms with Gasteiger partial charge in [-0.25, -0.2) is 0 Å². The average Bonchev–Trinajstić information content (AvgIpc) is 3.05. The quantitative estimate of drug-likeness (QED) is 0.872. The first-order valence-corrected chi connectivity index (χ1v) is 9.55. The molecule has 0 radical (unpaired) electrons. The van der Waals surface area contributed by atoms with Crippen molar-refractivity contribution >= 4 is 17.6 Å². The maximum Gasteiger partial charge on any atom is 0.232 e. The van der Waals surface area contributed by atoms with E-state index in [1.54, 1.807) is 0 Å². The van der Waals surface area contributed by atoms with E-state index in [4.69, 9.17) is 4.52 Å². The molecule has 1 atom stereocenters. The third-order valence-corrected chi connectivity index (χ3v) is 5.30. The summed E-state index contributed by atoms with van der Waals surface area (Å²) in [5, 5.41) is 7.99. The molecule has 0 amide bonds. The highest BCUT2D eigenvalue weighted by atomic mass is 32.2. The van der Waals surface area contributed by atoms with Gasteiger partial charge in [0.15, 0.2) is 0 Å². The van der Waals surface area contributed by atoms with E-state index < -0.39 is 0 Å². The van der Waals surface area contributed by atoms with Crippen molar-refractivity contribution in [1.82, 2.24) is 10.5 Å². The van der Waals surface area contributed by atoms with E-state index in [0.717, 1.165) is 54.7 Å². The van der Waals surface area contributed by atoms with Crippen LogP contribution in [-0.4, -0.2) is 35.8 Å². The topological polar surface area (TPSA) is 41.3 Å². The lowest BCUT2D eigenvalue weighted by Crippen LogP contribution is -2.33. The molecule has 1 unspecified atom stereocenters. The standard InChI is InChI=1S/C18H25N3OS/c1-3-14(2)19-13-16-17(15-7-5-4-6-8-15)20-22-18(16)21-9-11-23-12-10-21/h4-8,14,19H,3,9-13H2,1-2H3. The van der Waals surface area contributed by atoms with Crippen LogP contribution < -0.4 is 10.2 Å². The summed E-state index contributed by atoms with van der Waals surface area (Å²) in [6.45, 7) is 7.27. The number of nitrogens with one attached hydrogen (secondary N) is 1. The second-order valence-corrected chi connectivity index (χ2v) is 7.20. The molecule has 1 aliphatic heterocycles. The molecule has 1 saturated heterocycles. The zero-order chi connectivity index (χ0) is 16.1. The van der Waals surface area contributed by atoms with Crippen molar-refractivity contribution in [3.05, 3.63) is 35.9 Å². The monoisotopic (exact) mass is 331 g/mol. The number of nitrogens with zero attached hydrogens (tertiary/aromatic N) is 2. The Kier molecular flexibility index (Phi) is 5.62. The van der Waals surface area contributed by atoms with Crippen LogP contribution in [0.15, 0.2) is 34.9 Å². The van der Waals surface area contributed by atoms with Crippen LogP contribution in [0.25, 0.3) is 11.3 Å². The van der Waals surface area contributed by atoms with E-state index in [1.165, 1.54) is 5.56 Å². The molecular formula is C18H25N3OS. The Balaban J connectivity index is 1.90. The Morgan fingerprint density at radius 2 is 2.00 bits per heavy atom. The summed E-state index contributed by atoms with van der Waals surface area (Å²) in [6.07, 6.45) is 1.11. The minimum atomic E-state index is 0.485. The van der Waals surface area contributed by atoms with E-state index in [-0.39, 0.29) is 0 Å². The predicted molar refractivity (Wildman–Crippen MR) is 98.1 cm³/mol. The van der Waals surface area contributed by atoms with E-state index >= 15 is 0 Å². The first-order chi connectivity index (χ1) is 11.3. The Hall–Kier alpha value is -1.46. The largest absolute Gasteiger partial charge is 0.339 e. The van der Waals surface area contributed by atoms with Crippen molar-refractivity contribution in [2.24, 2.45) is 0 Å². The van der Waals surface area contributed by atoms with Crippen LogP contribution in [-0.2, 0) is 6.54 Å². The molecule has 2 heterocycles. The van der Waals surface area contributed by atoms with Gasteiger partial charge >= 0.3 is 0 Å². The first kappa shape index (κ1) is 16.4. The lowest BCUT2D eigenvalue weighted by Gasteiger charge is -2.26. The summed E-state index contributed by atoms with van der Waals surface area (Å²) in [7, 11) is 0. The lowest BCUT2D eigenvalue weighted by molar-refractivity contribution is 0.417. The SMILES string of the molecule is CCC(C)NCc1c(-c2ccccc2)noc1N1CCSCC1. The number of hydrogen-bond donors (Lipinski definition) is 1. The van der Waals surface area contributed by atoms with Crippen LogP contribution in [0.2, 0.25) is 0 Å². The molecule has 0 aliphatic carbocycles. The predicted octanol–water partition coefficient (Wildman–Crippen LogP) is 3.78. The Bertz CT molecular complexity index is 608. The highest BCUT2D eigenvalue weighted by Gasteiger charge is 2.23. The van der Waals surface area contributed by atoms with Gasteiger partial charge in [-0.1, -0.05) is 42.4 Å². The molecule has 23 heavy (non-hydrogen) atoms. The smallest absolute Gasteiger partial charge is 0.232 e. The van der Waals surface area contributed by atoms with Crippen molar-refractivity contribution in [2.45, 2.75) is 32.9 Å². The van der Waals surface area contributed by atoms with Crippen molar-refractivity contribution in [1.29, 1.82) is 0 Å². The molecule has 0 bridgehead atoms. The number of thioether (sulfide) groups is 1. The fourth-order valence-corrected chi connectivity index (χ4v) is 3.62. The van der Waals surface area contributed by atoms with E-state index in [2.05, 4.69) is 41.4 Å².